The predicted molar refractivity (Wildman–Crippen MR) is 47.4 cm³/mol. The molecule has 0 aromatic heterocycles. The van der Waals surface area contributed by atoms with Crippen molar-refractivity contribution in [2.75, 3.05) is 0 Å². The molecule has 0 fully saturated rings. The lowest BCUT2D eigenvalue weighted by Gasteiger charge is -2.02. The van der Waals surface area contributed by atoms with Crippen LogP contribution in [0.1, 0.15) is 46.0 Å². The Bertz CT molecular complexity index is 127. The second kappa shape index (κ2) is 7.42. The van der Waals surface area contributed by atoms with Crippen molar-refractivity contribution in [1.29, 1.82) is 0 Å². The van der Waals surface area contributed by atoms with Gasteiger partial charge in [-0.3, -0.25) is 0 Å². The quantitative estimate of drug-likeness (QED) is 0.243. The monoisotopic (exact) mass is 155 g/mol. The highest BCUT2D eigenvalue weighted by Crippen LogP contribution is 2.07. The van der Waals surface area contributed by atoms with Crippen LogP contribution >= 0.6 is 0 Å². The molecule has 0 spiro atoms. The summed E-state index contributed by atoms with van der Waals surface area (Å²) < 4.78 is 0. The van der Waals surface area contributed by atoms with Gasteiger partial charge in [-0.1, -0.05) is 44.6 Å². The van der Waals surface area contributed by atoms with Gasteiger partial charge >= 0.3 is 0 Å². The summed E-state index contributed by atoms with van der Waals surface area (Å²) in [4.78, 5) is 2.76. The van der Waals surface area contributed by atoms with Crippen molar-refractivity contribution in [2.24, 2.45) is 5.11 Å². The van der Waals surface area contributed by atoms with E-state index in [0.29, 0.717) is 0 Å². The number of unbranched alkanes of at least 4 members (excludes halogenated alkanes) is 3. The minimum atomic E-state index is 0.178. The zero-order chi connectivity index (χ0) is 8.53. The minimum absolute atomic E-state index is 0.178. The van der Waals surface area contributed by atoms with Gasteiger partial charge in [-0.25, -0.2) is 0 Å². The van der Waals surface area contributed by atoms with Crippen LogP contribution in [0.3, 0.4) is 0 Å². The number of nitrogens with zero attached hydrogens (tertiary/aromatic N) is 3. The van der Waals surface area contributed by atoms with Crippen molar-refractivity contribution in [3.8, 4) is 0 Å². The molecule has 0 heterocycles. The van der Waals surface area contributed by atoms with Crippen LogP contribution in [0.25, 0.3) is 10.4 Å². The second-order valence-corrected chi connectivity index (χ2v) is 2.90. The van der Waals surface area contributed by atoms with Crippen LogP contribution in [0.4, 0.5) is 0 Å². The van der Waals surface area contributed by atoms with E-state index in [2.05, 4.69) is 16.9 Å². The molecule has 0 N–H and O–H groups in total. The van der Waals surface area contributed by atoms with Crippen LogP contribution in [-0.4, -0.2) is 6.04 Å². The summed E-state index contributed by atoms with van der Waals surface area (Å²) in [6.45, 7) is 4.16. The third-order valence-electron chi connectivity index (χ3n) is 1.72. The van der Waals surface area contributed by atoms with Crippen LogP contribution < -0.4 is 0 Å². The maximum Gasteiger partial charge on any atom is 0.0345 e. The molecule has 0 bridgehead atoms. The van der Waals surface area contributed by atoms with Crippen LogP contribution in [-0.2, 0) is 0 Å². The fourth-order valence-corrected chi connectivity index (χ4v) is 1.01. The minimum Gasteiger partial charge on any atom is -0.0909 e. The van der Waals surface area contributed by atoms with Gasteiger partial charge < -0.3 is 0 Å². The molecule has 1 unspecified atom stereocenters. The van der Waals surface area contributed by atoms with Gasteiger partial charge in [0.1, 0.15) is 0 Å². The van der Waals surface area contributed by atoms with Gasteiger partial charge in [0.2, 0.25) is 0 Å². The Kier molecular flexibility index (Phi) is 6.95. The first-order valence-electron chi connectivity index (χ1n) is 4.35. The lowest BCUT2D eigenvalue weighted by molar-refractivity contribution is 0.573. The number of rotatable bonds is 6. The second-order valence-electron chi connectivity index (χ2n) is 2.90. The van der Waals surface area contributed by atoms with Crippen LogP contribution in [0, 0.1) is 0 Å². The highest BCUT2D eigenvalue weighted by Gasteiger charge is 1.96. The van der Waals surface area contributed by atoms with E-state index in [9.17, 15) is 0 Å². The van der Waals surface area contributed by atoms with Gasteiger partial charge in [-0.05, 0) is 12.0 Å². The van der Waals surface area contributed by atoms with Crippen molar-refractivity contribution < 1.29 is 0 Å². The smallest absolute Gasteiger partial charge is 0.0345 e. The molecular formula is C8H17N3. The molecule has 0 rings (SSSR count). The normalized spacial score (nSPS) is 12.2. The first kappa shape index (κ1) is 10.3. The van der Waals surface area contributed by atoms with Crippen molar-refractivity contribution >= 4 is 0 Å². The van der Waals surface area contributed by atoms with E-state index in [1.54, 1.807) is 0 Å². The average molecular weight is 155 g/mol. The highest BCUT2D eigenvalue weighted by atomic mass is 15.1. The third-order valence-corrected chi connectivity index (χ3v) is 1.72. The van der Waals surface area contributed by atoms with Gasteiger partial charge in [0.15, 0.2) is 0 Å². The van der Waals surface area contributed by atoms with Crippen LogP contribution in [0.5, 0.6) is 0 Å². The molecule has 1 atom stereocenters. The van der Waals surface area contributed by atoms with Crippen molar-refractivity contribution in [3.63, 3.8) is 0 Å². The Hall–Kier alpha value is -0.690. The number of hydrogen-bond acceptors (Lipinski definition) is 1. The molecule has 0 aliphatic rings. The third kappa shape index (κ3) is 7.20. The fourth-order valence-electron chi connectivity index (χ4n) is 1.01. The molecule has 11 heavy (non-hydrogen) atoms. The Morgan fingerprint density at radius 1 is 1.36 bits per heavy atom. The lowest BCUT2D eigenvalue weighted by atomic mass is 10.1. The Balaban J connectivity index is 3.17. The zero-order valence-corrected chi connectivity index (χ0v) is 7.45. The summed E-state index contributed by atoms with van der Waals surface area (Å²) in [7, 11) is 0. The van der Waals surface area contributed by atoms with Crippen LogP contribution in [0.2, 0.25) is 0 Å². The van der Waals surface area contributed by atoms with Crippen molar-refractivity contribution in [3.05, 3.63) is 10.4 Å². The molecule has 3 heteroatoms. The average Bonchev–Trinajstić information content (AvgIpc) is 1.99. The van der Waals surface area contributed by atoms with E-state index in [-0.39, 0.29) is 6.04 Å². The summed E-state index contributed by atoms with van der Waals surface area (Å²) >= 11 is 0. The van der Waals surface area contributed by atoms with Crippen LogP contribution in [0.15, 0.2) is 5.11 Å². The first-order chi connectivity index (χ1) is 5.31. The SMILES string of the molecule is CCCCCCC(C)N=[N+]=[N-]. The van der Waals surface area contributed by atoms with E-state index in [1.807, 2.05) is 6.92 Å². The fraction of sp³-hybridized carbons (Fsp3) is 1.00. The molecule has 0 aromatic carbocycles. The summed E-state index contributed by atoms with van der Waals surface area (Å²) in [5.41, 5.74) is 8.10. The molecule has 0 saturated carbocycles. The topological polar surface area (TPSA) is 48.8 Å². The van der Waals surface area contributed by atoms with E-state index >= 15 is 0 Å². The lowest BCUT2D eigenvalue weighted by Crippen LogP contribution is -1.95. The zero-order valence-electron chi connectivity index (χ0n) is 7.45. The summed E-state index contributed by atoms with van der Waals surface area (Å²) in [5, 5.41) is 3.60. The standard InChI is InChI=1S/C8H17N3/c1-3-4-5-6-7-8(2)10-11-9/h8H,3-7H2,1-2H3. The van der Waals surface area contributed by atoms with Crippen molar-refractivity contribution in [1.82, 2.24) is 0 Å². The van der Waals surface area contributed by atoms with Gasteiger partial charge in [0, 0.05) is 11.0 Å². The van der Waals surface area contributed by atoms with Gasteiger partial charge in [0.25, 0.3) is 0 Å². The maximum absolute atomic E-state index is 8.10. The van der Waals surface area contributed by atoms with E-state index in [0.717, 1.165) is 6.42 Å². The maximum atomic E-state index is 8.10. The van der Waals surface area contributed by atoms with Gasteiger partial charge in [-0.2, -0.15) is 0 Å². The Morgan fingerprint density at radius 2 is 2.09 bits per heavy atom. The largest absolute Gasteiger partial charge is 0.0909 e. The molecule has 0 radical (unpaired) electrons. The molecule has 64 valence electrons. The molecule has 0 aromatic rings. The molecule has 0 aliphatic carbocycles. The predicted octanol–water partition coefficient (Wildman–Crippen LogP) is 3.66. The Labute approximate surface area is 68.4 Å². The van der Waals surface area contributed by atoms with Crippen molar-refractivity contribution in [2.45, 2.75) is 52.0 Å². The first-order valence-corrected chi connectivity index (χ1v) is 4.35. The van der Waals surface area contributed by atoms with E-state index in [4.69, 9.17) is 5.53 Å². The summed E-state index contributed by atoms with van der Waals surface area (Å²) in [5.74, 6) is 0. The molecular weight excluding hydrogens is 138 g/mol. The number of azide groups is 1. The van der Waals surface area contributed by atoms with Gasteiger partial charge in [0.05, 0.1) is 0 Å². The summed E-state index contributed by atoms with van der Waals surface area (Å²) in [6, 6.07) is 0.178. The van der Waals surface area contributed by atoms with E-state index in [1.165, 1.54) is 25.7 Å². The molecule has 0 aliphatic heterocycles. The van der Waals surface area contributed by atoms with Gasteiger partial charge in [-0.15, -0.1) is 0 Å². The molecule has 0 amide bonds. The molecule has 0 saturated heterocycles. The highest BCUT2D eigenvalue weighted by molar-refractivity contribution is 4.59. The Morgan fingerprint density at radius 3 is 2.64 bits per heavy atom. The van der Waals surface area contributed by atoms with E-state index < -0.39 is 0 Å². The molecule has 3 nitrogen and oxygen atoms in total. The summed E-state index contributed by atoms with van der Waals surface area (Å²) in [6.07, 6.45) is 6.04. The number of hydrogen-bond donors (Lipinski definition) is 0.